The van der Waals surface area contributed by atoms with E-state index in [-0.39, 0.29) is 12.4 Å². The van der Waals surface area contributed by atoms with Gasteiger partial charge in [-0.2, -0.15) is 0 Å². The van der Waals surface area contributed by atoms with Crippen molar-refractivity contribution in [2.24, 2.45) is 5.92 Å². The van der Waals surface area contributed by atoms with Crippen LogP contribution in [0.1, 0.15) is 25.7 Å². The molecule has 0 aromatic heterocycles. The van der Waals surface area contributed by atoms with Crippen molar-refractivity contribution in [2.75, 3.05) is 26.8 Å². The molecule has 0 aliphatic carbocycles. The molecule has 13 heavy (non-hydrogen) atoms. The van der Waals surface area contributed by atoms with Crippen molar-refractivity contribution in [1.29, 1.82) is 0 Å². The quantitative estimate of drug-likeness (QED) is 0.694. The summed E-state index contributed by atoms with van der Waals surface area (Å²) in [7, 11) is 1.57. The van der Waals surface area contributed by atoms with Gasteiger partial charge in [-0.1, -0.05) is 0 Å². The molecule has 1 saturated heterocycles. The Hall–Kier alpha value is -0.410. The molecule has 1 heterocycles. The SMILES string of the molecule is COCC(=O)CCC1CCCNC1. The lowest BCUT2D eigenvalue weighted by atomic mass is 9.94. The fourth-order valence-electron chi connectivity index (χ4n) is 1.77. The van der Waals surface area contributed by atoms with E-state index in [9.17, 15) is 4.79 Å². The predicted octanol–water partition coefficient (Wildman–Crippen LogP) is 0.982. The van der Waals surface area contributed by atoms with Crippen molar-refractivity contribution in [2.45, 2.75) is 25.7 Å². The number of piperidine rings is 1. The van der Waals surface area contributed by atoms with Crippen LogP contribution >= 0.6 is 0 Å². The lowest BCUT2D eigenvalue weighted by Crippen LogP contribution is -2.30. The minimum absolute atomic E-state index is 0.230. The number of rotatable bonds is 5. The van der Waals surface area contributed by atoms with E-state index < -0.39 is 0 Å². The van der Waals surface area contributed by atoms with Crippen molar-refractivity contribution < 1.29 is 9.53 Å². The van der Waals surface area contributed by atoms with Crippen LogP contribution in [0.3, 0.4) is 0 Å². The average Bonchev–Trinajstić information content (AvgIpc) is 2.17. The normalized spacial score (nSPS) is 23.0. The zero-order chi connectivity index (χ0) is 9.52. The van der Waals surface area contributed by atoms with Gasteiger partial charge in [0.2, 0.25) is 0 Å². The maximum atomic E-state index is 11.1. The lowest BCUT2D eigenvalue weighted by molar-refractivity contribution is -0.122. The van der Waals surface area contributed by atoms with Gasteiger partial charge in [0.15, 0.2) is 5.78 Å². The fourth-order valence-corrected chi connectivity index (χ4v) is 1.77. The number of hydrogen-bond donors (Lipinski definition) is 1. The molecule has 1 fully saturated rings. The summed E-state index contributed by atoms with van der Waals surface area (Å²) in [6.07, 6.45) is 4.23. The van der Waals surface area contributed by atoms with Crippen molar-refractivity contribution in [1.82, 2.24) is 5.32 Å². The molecule has 1 N–H and O–H groups in total. The minimum Gasteiger partial charge on any atom is -0.377 e. The first-order valence-electron chi connectivity index (χ1n) is 5.04. The van der Waals surface area contributed by atoms with E-state index in [1.165, 1.54) is 12.8 Å². The minimum atomic E-state index is 0.230. The highest BCUT2D eigenvalue weighted by atomic mass is 16.5. The Morgan fingerprint density at radius 3 is 3.08 bits per heavy atom. The highest BCUT2D eigenvalue weighted by Gasteiger charge is 2.13. The van der Waals surface area contributed by atoms with Gasteiger partial charge in [0.05, 0.1) is 0 Å². The van der Waals surface area contributed by atoms with Gasteiger partial charge < -0.3 is 10.1 Å². The summed E-state index contributed by atoms with van der Waals surface area (Å²) in [6, 6.07) is 0. The monoisotopic (exact) mass is 185 g/mol. The largest absolute Gasteiger partial charge is 0.377 e. The van der Waals surface area contributed by atoms with Gasteiger partial charge in [0, 0.05) is 13.5 Å². The van der Waals surface area contributed by atoms with Crippen LogP contribution in [0, 0.1) is 5.92 Å². The third-order valence-corrected chi connectivity index (χ3v) is 2.54. The van der Waals surface area contributed by atoms with Gasteiger partial charge in [-0.15, -0.1) is 0 Å². The number of ketones is 1. The maximum absolute atomic E-state index is 11.1. The van der Waals surface area contributed by atoms with Crippen LogP contribution in [0.15, 0.2) is 0 Å². The summed E-state index contributed by atoms with van der Waals surface area (Å²) < 4.78 is 4.78. The predicted molar refractivity (Wildman–Crippen MR) is 51.7 cm³/mol. The Balaban J connectivity index is 2.06. The van der Waals surface area contributed by atoms with E-state index in [0.29, 0.717) is 12.3 Å². The molecule has 1 atom stereocenters. The second-order valence-electron chi connectivity index (χ2n) is 3.72. The second-order valence-corrected chi connectivity index (χ2v) is 3.72. The Morgan fingerprint density at radius 2 is 2.46 bits per heavy atom. The number of ether oxygens (including phenoxy) is 1. The Kier molecular flexibility index (Phi) is 5.01. The number of nitrogens with one attached hydrogen (secondary N) is 1. The van der Waals surface area contributed by atoms with Crippen LogP contribution in [0.25, 0.3) is 0 Å². The Morgan fingerprint density at radius 1 is 1.62 bits per heavy atom. The van der Waals surface area contributed by atoms with Gasteiger partial charge >= 0.3 is 0 Å². The van der Waals surface area contributed by atoms with Crippen LogP contribution in [0.2, 0.25) is 0 Å². The van der Waals surface area contributed by atoms with Crippen LogP contribution in [-0.4, -0.2) is 32.6 Å². The standard InChI is InChI=1S/C10H19NO2/c1-13-8-10(12)5-4-9-3-2-6-11-7-9/h9,11H,2-8H2,1H3. The molecule has 0 spiro atoms. The summed E-state index contributed by atoms with van der Waals surface area (Å²) in [5.74, 6) is 0.933. The van der Waals surface area contributed by atoms with Gasteiger partial charge in [-0.05, 0) is 38.3 Å². The molecule has 1 aliphatic rings. The molecule has 0 saturated carbocycles. The van der Waals surface area contributed by atoms with E-state index in [4.69, 9.17) is 4.74 Å². The lowest BCUT2D eigenvalue weighted by Gasteiger charge is -2.22. The smallest absolute Gasteiger partial charge is 0.158 e. The Labute approximate surface area is 79.8 Å². The number of carbonyl (C=O) groups excluding carboxylic acids is 1. The molecule has 1 aliphatic heterocycles. The van der Waals surface area contributed by atoms with E-state index in [2.05, 4.69) is 5.32 Å². The highest BCUT2D eigenvalue weighted by molar-refractivity contribution is 5.79. The molecule has 1 unspecified atom stereocenters. The molecule has 0 radical (unpaired) electrons. The molecule has 1 rings (SSSR count). The fraction of sp³-hybridized carbons (Fsp3) is 0.900. The number of carbonyl (C=O) groups is 1. The van der Waals surface area contributed by atoms with E-state index in [1.807, 2.05) is 0 Å². The van der Waals surface area contributed by atoms with Gasteiger partial charge in [0.25, 0.3) is 0 Å². The molecule has 0 bridgehead atoms. The summed E-state index contributed by atoms with van der Waals surface area (Å²) in [4.78, 5) is 11.1. The van der Waals surface area contributed by atoms with Crippen LogP contribution < -0.4 is 5.32 Å². The van der Waals surface area contributed by atoms with Crippen LogP contribution in [-0.2, 0) is 9.53 Å². The molecule has 76 valence electrons. The summed E-state index contributed by atoms with van der Waals surface area (Å²) in [6.45, 7) is 2.50. The van der Waals surface area contributed by atoms with Gasteiger partial charge in [-0.3, -0.25) is 4.79 Å². The number of Topliss-reactive ketones (excluding diaryl/α,β-unsaturated/α-hetero) is 1. The van der Waals surface area contributed by atoms with Crippen molar-refractivity contribution in [3.63, 3.8) is 0 Å². The summed E-state index contributed by atoms with van der Waals surface area (Å²) >= 11 is 0. The summed E-state index contributed by atoms with van der Waals surface area (Å²) in [5.41, 5.74) is 0. The first kappa shape index (κ1) is 10.7. The van der Waals surface area contributed by atoms with Crippen LogP contribution in [0.5, 0.6) is 0 Å². The molecular weight excluding hydrogens is 166 g/mol. The molecule has 0 amide bonds. The number of hydrogen-bond acceptors (Lipinski definition) is 3. The highest BCUT2D eigenvalue weighted by Crippen LogP contribution is 2.15. The first-order chi connectivity index (χ1) is 6.33. The van der Waals surface area contributed by atoms with Crippen LogP contribution in [0.4, 0.5) is 0 Å². The summed E-state index contributed by atoms with van der Waals surface area (Å²) in [5, 5.41) is 3.35. The Bertz CT molecular complexity index is 153. The second kappa shape index (κ2) is 6.11. The first-order valence-corrected chi connectivity index (χ1v) is 5.04. The van der Waals surface area contributed by atoms with Crippen molar-refractivity contribution in [3.8, 4) is 0 Å². The topological polar surface area (TPSA) is 38.3 Å². The van der Waals surface area contributed by atoms with E-state index >= 15 is 0 Å². The zero-order valence-corrected chi connectivity index (χ0v) is 8.34. The van der Waals surface area contributed by atoms with Gasteiger partial charge in [-0.25, -0.2) is 0 Å². The third-order valence-electron chi connectivity index (χ3n) is 2.54. The molecule has 3 heteroatoms. The van der Waals surface area contributed by atoms with Crippen molar-refractivity contribution >= 4 is 5.78 Å². The van der Waals surface area contributed by atoms with Gasteiger partial charge in [0.1, 0.15) is 6.61 Å². The molecule has 0 aromatic carbocycles. The average molecular weight is 185 g/mol. The molecule has 3 nitrogen and oxygen atoms in total. The van der Waals surface area contributed by atoms with E-state index in [1.54, 1.807) is 7.11 Å². The molecular formula is C10H19NO2. The zero-order valence-electron chi connectivity index (χ0n) is 8.34. The number of methoxy groups -OCH3 is 1. The maximum Gasteiger partial charge on any atom is 0.158 e. The van der Waals surface area contributed by atoms with E-state index in [0.717, 1.165) is 19.5 Å². The molecule has 0 aromatic rings. The third kappa shape index (κ3) is 4.39. The van der Waals surface area contributed by atoms with Crippen molar-refractivity contribution in [3.05, 3.63) is 0 Å².